The van der Waals surface area contributed by atoms with E-state index in [2.05, 4.69) is 0 Å². The summed E-state index contributed by atoms with van der Waals surface area (Å²) in [7, 11) is 0. The Morgan fingerprint density at radius 1 is 1.32 bits per heavy atom. The van der Waals surface area contributed by atoms with Crippen molar-refractivity contribution in [1.29, 1.82) is 0 Å². The number of furan rings is 1. The van der Waals surface area contributed by atoms with Gasteiger partial charge in [0.15, 0.2) is 3.95 Å². The first-order valence-electron chi connectivity index (χ1n) is 7.47. The van der Waals surface area contributed by atoms with Crippen LogP contribution in [0.3, 0.4) is 0 Å². The van der Waals surface area contributed by atoms with E-state index in [4.69, 9.17) is 22.4 Å². The summed E-state index contributed by atoms with van der Waals surface area (Å²) < 4.78 is 7.71. The lowest BCUT2D eigenvalue weighted by Gasteiger charge is -2.19. The van der Waals surface area contributed by atoms with E-state index in [1.54, 1.807) is 10.8 Å². The standard InChI is InChI=1S/C15H19N3O2S2/c16-13-12(14(19)17-7-3-1-2-4-8-17)22-15(21)18(13)10-11-6-5-9-20-11/h5-6,9H,1-4,7-8,10,16H2. The van der Waals surface area contributed by atoms with E-state index in [0.29, 0.717) is 21.2 Å². The summed E-state index contributed by atoms with van der Waals surface area (Å²) >= 11 is 6.66. The van der Waals surface area contributed by atoms with E-state index in [0.717, 1.165) is 31.7 Å². The first-order valence-corrected chi connectivity index (χ1v) is 8.70. The number of aromatic nitrogens is 1. The van der Waals surface area contributed by atoms with Crippen LogP contribution in [0.4, 0.5) is 5.82 Å². The zero-order valence-electron chi connectivity index (χ0n) is 12.3. The van der Waals surface area contributed by atoms with Crippen LogP contribution >= 0.6 is 23.6 Å². The molecule has 5 nitrogen and oxygen atoms in total. The molecule has 0 unspecified atom stereocenters. The van der Waals surface area contributed by atoms with E-state index in [-0.39, 0.29) is 5.91 Å². The third kappa shape index (κ3) is 3.10. The summed E-state index contributed by atoms with van der Waals surface area (Å²) in [5.41, 5.74) is 6.18. The molecule has 0 atom stereocenters. The summed E-state index contributed by atoms with van der Waals surface area (Å²) in [6, 6.07) is 3.69. The fourth-order valence-electron chi connectivity index (χ4n) is 2.69. The molecule has 0 aromatic carbocycles. The van der Waals surface area contributed by atoms with E-state index in [1.165, 1.54) is 24.2 Å². The summed E-state index contributed by atoms with van der Waals surface area (Å²) in [6.07, 6.45) is 6.11. The Labute approximate surface area is 138 Å². The Bertz CT molecular complexity index is 695. The quantitative estimate of drug-likeness (QED) is 0.870. The molecule has 1 fully saturated rings. The number of carbonyl (C=O) groups is 1. The number of thiazole rings is 1. The lowest BCUT2D eigenvalue weighted by molar-refractivity contribution is 0.0767. The summed E-state index contributed by atoms with van der Waals surface area (Å²) in [5.74, 6) is 1.23. The van der Waals surface area contributed by atoms with Crippen molar-refractivity contribution in [3.8, 4) is 0 Å². The van der Waals surface area contributed by atoms with Gasteiger partial charge in [-0.1, -0.05) is 24.2 Å². The van der Waals surface area contributed by atoms with Crippen LogP contribution in [0.2, 0.25) is 0 Å². The van der Waals surface area contributed by atoms with Gasteiger partial charge in [-0.05, 0) is 37.2 Å². The van der Waals surface area contributed by atoms with Crippen LogP contribution in [0.25, 0.3) is 0 Å². The number of hydrogen-bond donors (Lipinski definition) is 1. The van der Waals surface area contributed by atoms with Gasteiger partial charge in [-0.3, -0.25) is 4.79 Å². The van der Waals surface area contributed by atoms with Gasteiger partial charge in [0.05, 0.1) is 12.8 Å². The SMILES string of the molecule is Nc1c(C(=O)N2CCCCCC2)sc(=S)n1Cc1ccco1. The summed E-state index contributed by atoms with van der Waals surface area (Å²) in [6.45, 7) is 2.07. The van der Waals surface area contributed by atoms with Crippen molar-refractivity contribution < 1.29 is 9.21 Å². The van der Waals surface area contributed by atoms with Gasteiger partial charge < -0.3 is 19.6 Å². The smallest absolute Gasteiger partial charge is 0.267 e. The number of carbonyl (C=O) groups excluding carboxylic acids is 1. The van der Waals surface area contributed by atoms with Crippen molar-refractivity contribution in [2.24, 2.45) is 0 Å². The second kappa shape index (κ2) is 6.66. The maximum absolute atomic E-state index is 12.7. The number of hydrogen-bond acceptors (Lipinski definition) is 5. The van der Waals surface area contributed by atoms with E-state index >= 15 is 0 Å². The van der Waals surface area contributed by atoms with Crippen LogP contribution in [0.1, 0.15) is 41.1 Å². The maximum atomic E-state index is 12.7. The molecule has 3 rings (SSSR count). The Morgan fingerprint density at radius 2 is 2.05 bits per heavy atom. The van der Waals surface area contributed by atoms with Crippen molar-refractivity contribution in [2.75, 3.05) is 18.8 Å². The molecule has 22 heavy (non-hydrogen) atoms. The molecule has 2 N–H and O–H groups in total. The van der Waals surface area contributed by atoms with Crippen LogP contribution in [-0.2, 0) is 6.54 Å². The Hall–Kier alpha value is -1.60. The third-order valence-electron chi connectivity index (χ3n) is 3.91. The first-order chi connectivity index (χ1) is 10.7. The summed E-state index contributed by atoms with van der Waals surface area (Å²) in [5, 5.41) is 0. The molecule has 2 aromatic rings. The number of nitrogen functional groups attached to an aromatic ring is 1. The fraction of sp³-hybridized carbons (Fsp3) is 0.467. The van der Waals surface area contributed by atoms with Crippen molar-refractivity contribution in [2.45, 2.75) is 32.2 Å². The number of anilines is 1. The second-order valence-corrected chi connectivity index (χ2v) is 7.10. The van der Waals surface area contributed by atoms with E-state index < -0.39 is 0 Å². The third-order valence-corrected chi connectivity index (χ3v) is 5.37. The molecule has 2 aromatic heterocycles. The molecule has 1 saturated heterocycles. The molecule has 118 valence electrons. The number of amides is 1. The number of nitrogens with zero attached hydrogens (tertiary/aromatic N) is 2. The van der Waals surface area contributed by atoms with Crippen LogP contribution in [-0.4, -0.2) is 28.5 Å². The molecule has 1 amide bonds. The highest BCUT2D eigenvalue weighted by atomic mass is 32.1. The van der Waals surface area contributed by atoms with Crippen molar-refractivity contribution in [1.82, 2.24) is 9.47 Å². The molecular formula is C15H19N3O2S2. The highest BCUT2D eigenvalue weighted by Crippen LogP contribution is 2.26. The number of likely N-dealkylation sites (tertiary alicyclic amines) is 1. The van der Waals surface area contributed by atoms with Crippen molar-refractivity contribution in [3.05, 3.63) is 33.0 Å². The summed E-state index contributed by atoms with van der Waals surface area (Å²) in [4.78, 5) is 15.2. The highest BCUT2D eigenvalue weighted by molar-refractivity contribution is 7.73. The maximum Gasteiger partial charge on any atom is 0.267 e. The molecule has 0 spiro atoms. The molecular weight excluding hydrogens is 318 g/mol. The van der Waals surface area contributed by atoms with Gasteiger partial charge in [0.2, 0.25) is 0 Å². The van der Waals surface area contributed by atoms with E-state index in [9.17, 15) is 4.79 Å². The number of nitrogens with two attached hydrogens (primary N) is 1. The average Bonchev–Trinajstić information content (AvgIpc) is 3.00. The second-order valence-electron chi connectivity index (χ2n) is 5.45. The molecule has 0 bridgehead atoms. The predicted octanol–water partition coefficient (Wildman–Crippen LogP) is 3.52. The van der Waals surface area contributed by atoms with Crippen LogP contribution in [0, 0.1) is 3.95 Å². The van der Waals surface area contributed by atoms with Crippen molar-refractivity contribution in [3.63, 3.8) is 0 Å². The Morgan fingerprint density at radius 3 is 2.68 bits per heavy atom. The minimum atomic E-state index is 0.00805. The zero-order chi connectivity index (χ0) is 15.5. The molecule has 1 aliphatic heterocycles. The Balaban J connectivity index is 1.85. The zero-order valence-corrected chi connectivity index (χ0v) is 13.9. The van der Waals surface area contributed by atoms with Crippen molar-refractivity contribution >= 4 is 35.3 Å². The van der Waals surface area contributed by atoms with Gasteiger partial charge in [0.1, 0.15) is 16.5 Å². The van der Waals surface area contributed by atoms with Gasteiger partial charge >= 0.3 is 0 Å². The predicted molar refractivity (Wildman–Crippen MR) is 89.7 cm³/mol. The first kappa shape index (κ1) is 15.3. The molecule has 7 heteroatoms. The molecule has 1 aliphatic rings. The van der Waals surface area contributed by atoms with Crippen LogP contribution in [0.15, 0.2) is 22.8 Å². The molecule has 3 heterocycles. The van der Waals surface area contributed by atoms with Gasteiger partial charge in [-0.25, -0.2) is 0 Å². The van der Waals surface area contributed by atoms with Gasteiger partial charge in [-0.15, -0.1) is 0 Å². The lowest BCUT2D eigenvalue weighted by atomic mass is 10.2. The Kier molecular flexibility index (Phi) is 4.63. The lowest BCUT2D eigenvalue weighted by Crippen LogP contribution is -2.31. The largest absolute Gasteiger partial charge is 0.467 e. The molecule has 0 radical (unpaired) electrons. The fourth-order valence-corrected chi connectivity index (χ4v) is 3.99. The van der Waals surface area contributed by atoms with Crippen LogP contribution in [0.5, 0.6) is 0 Å². The normalized spacial score (nSPS) is 15.7. The van der Waals surface area contributed by atoms with Gasteiger partial charge in [-0.2, -0.15) is 0 Å². The van der Waals surface area contributed by atoms with Gasteiger partial charge in [0, 0.05) is 13.1 Å². The highest BCUT2D eigenvalue weighted by Gasteiger charge is 2.23. The molecule has 0 aliphatic carbocycles. The monoisotopic (exact) mass is 337 g/mol. The average molecular weight is 337 g/mol. The topological polar surface area (TPSA) is 64.4 Å². The van der Waals surface area contributed by atoms with Gasteiger partial charge in [0.25, 0.3) is 5.91 Å². The number of rotatable bonds is 3. The minimum absolute atomic E-state index is 0.00805. The van der Waals surface area contributed by atoms with E-state index in [1.807, 2.05) is 17.0 Å². The molecule has 0 saturated carbocycles. The van der Waals surface area contributed by atoms with Crippen LogP contribution < -0.4 is 5.73 Å². The minimum Gasteiger partial charge on any atom is -0.467 e.